The second-order valence-electron chi connectivity index (χ2n) is 8.14. The summed E-state index contributed by atoms with van der Waals surface area (Å²) in [6.45, 7) is 2.92. The van der Waals surface area contributed by atoms with Crippen LogP contribution in [0.5, 0.6) is 0 Å². The lowest BCUT2D eigenvalue weighted by Gasteiger charge is -2.46. The number of ketones is 1. The maximum atomic E-state index is 13.6. The number of aromatic nitrogens is 1. The van der Waals surface area contributed by atoms with Crippen molar-refractivity contribution in [3.8, 4) is 0 Å². The van der Waals surface area contributed by atoms with Crippen molar-refractivity contribution in [3.05, 3.63) is 81.5 Å². The first-order valence-corrected chi connectivity index (χ1v) is 11.2. The maximum absolute atomic E-state index is 13.6. The standard InChI is InChI=1S/C25H25BrN2O/c1-3-20(26)19-14-22-24-18(17-11-7-8-12-21(17)27(24)2)13-23(25(19)29)28(22)15-16-9-5-4-6-10-16/h4-12,22-23H,3,13-15H2,1-2H3/b20-19+. The predicted molar refractivity (Wildman–Crippen MR) is 121 cm³/mol. The molecule has 1 aromatic heterocycles. The molecular weight excluding hydrogens is 424 g/mol. The largest absolute Gasteiger partial charge is 0.346 e. The summed E-state index contributed by atoms with van der Waals surface area (Å²) in [4.78, 5) is 16.0. The highest BCUT2D eigenvalue weighted by Crippen LogP contribution is 2.47. The number of aryl methyl sites for hydroxylation is 1. The summed E-state index contributed by atoms with van der Waals surface area (Å²) in [7, 11) is 2.18. The van der Waals surface area contributed by atoms with Gasteiger partial charge in [0.2, 0.25) is 0 Å². The van der Waals surface area contributed by atoms with Crippen molar-refractivity contribution in [2.45, 2.75) is 44.8 Å². The molecule has 2 aromatic carbocycles. The van der Waals surface area contributed by atoms with Crippen LogP contribution in [0.2, 0.25) is 0 Å². The average Bonchev–Trinajstić information content (AvgIpc) is 3.03. The van der Waals surface area contributed by atoms with Crippen LogP contribution in [-0.2, 0) is 24.8 Å². The summed E-state index contributed by atoms with van der Waals surface area (Å²) < 4.78 is 3.43. The molecule has 3 aromatic rings. The molecule has 2 atom stereocenters. The number of piperidine rings is 1. The second kappa shape index (κ2) is 7.26. The zero-order valence-electron chi connectivity index (χ0n) is 16.9. The third-order valence-corrected chi connectivity index (χ3v) is 7.66. The third kappa shape index (κ3) is 2.92. The SMILES string of the molecule is CC/C(Br)=C1/CC2c3c(c4ccccc4n3C)CC(C1=O)N2Cc1ccccc1. The normalized spacial score (nSPS) is 23.3. The van der Waals surface area contributed by atoms with Crippen LogP contribution in [0.25, 0.3) is 10.9 Å². The summed E-state index contributed by atoms with van der Waals surface area (Å²) in [5, 5.41) is 1.30. The summed E-state index contributed by atoms with van der Waals surface area (Å²) in [6.07, 6.45) is 2.42. The number of fused-ring (bicyclic) bond motifs is 6. The van der Waals surface area contributed by atoms with Crippen LogP contribution >= 0.6 is 15.9 Å². The van der Waals surface area contributed by atoms with Gasteiger partial charge in [0.15, 0.2) is 5.78 Å². The molecule has 2 bridgehead atoms. The van der Waals surface area contributed by atoms with Gasteiger partial charge in [-0.15, -0.1) is 0 Å². The molecule has 1 saturated heterocycles. The maximum Gasteiger partial charge on any atom is 0.177 e. The third-order valence-electron chi connectivity index (χ3n) is 6.62. The molecule has 2 aliphatic heterocycles. The minimum Gasteiger partial charge on any atom is -0.346 e. The molecule has 0 saturated carbocycles. The van der Waals surface area contributed by atoms with Crippen LogP contribution in [0.1, 0.15) is 42.6 Å². The van der Waals surface area contributed by atoms with Crippen LogP contribution in [0.4, 0.5) is 0 Å². The van der Waals surface area contributed by atoms with Crippen LogP contribution in [0, 0.1) is 0 Å². The van der Waals surface area contributed by atoms with Crippen molar-refractivity contribution in [2.75, 3.05) is 0 Å². The number of para-hydroxylation sites is 1. The smallest absolute Gasteiger partial charge is 0.177 e. The number of rotatable bonds is 3. The predicted octanol–water partition coefficient (Wildman–Crippen LogP) is 5.68. The van der Waals surface area contributed by atoms with Crippen LogP contribution in [0.3, 0.4) is 0 Å². The van der Waals surface area contributed by atoms with Gasteiger partial charge in [-0.1, -0.05) is 71.4 Å². The van der Waals surface area contributed by atoms with Gasteiger partial charge in [-0.2, -0.15) is 0 Å². The first kappa shape index (κ1) is 18.8. The first-order valence-electron chi connectivity index (χ1n) is 10.4. The second-order valence-corrected chi connectivity index (χ2v) is 9.10. The van der Waals surface area contributed by atoms with E-state index in [4.69, 9.17) is 0 Å². The molecule has 3 nitrogen and oxygen atoms in total. The number of allylic oxidation sites excluding steroid dienone is 1. The summed E-state index contributed by atoms with van der Waals surface area (Å²) in [6, 6.07) is 19.3. The van der Waals surface area contributed by atoms with Crippen molar-refractivity contribution in [1.29, 1.82) is 0 Å². The Balaban J connectivity index is 1.69. The minimum atomic E-state index is -0.0960. The molecule has 29 heavy (non-hydrogen) atoms. The fourth-order valence-electron chi connectivity index (χ4n) is 5.24. The molecule has 0 N–H and O–H groups in total. The van der Waals surface area contributed by atoms with Crippen LogP contribution in [0.15, 0.2) is 64.7 Å². The molecule has 1 fully saturated rings. The Morgan fingerprint density at radius 2 is 1.76 bits per heavy atom. The van der Waals surface area contributed by atoms with Gasteiger partial charge in [0, 0.05) is 40.2 Å². The van der Waals surface area contributed by atoms with E-state index in [1.54, 1.807) is 0 Å². The van der Waals surface area contributed by atoms with Gasteiger partial charge in [0.25, 0.3) is 0 Å². The topological polar surface area (TPSA) is 25.2 Å². The zero-order chi connectivity index (χ0) is 20.1. The highest BCUT2D eigenvalue weighted by Gasteiger charge is 2.46. The van der Waals surface area contributed by atoms with Gasteiger partial charge in [-0.25, -0.2) is 0 Å². The molecule has 0 spiro atoms. The molecular formula is C25H25BrN2O. The number of Topliss-reactive ketones (excluding diaryl/α,β-unsaturated/α-hetero) is 1. The first-order chi connectivity index (χ1) is 14.1. The molecule has 2 unspecified atom stereocenters. The van der Waals surface area contributed by atoms with Crippen LogP contribution < -0.4 is 0 Å². The van der Waals surface area contributed by atoms with Crippen molar-refractivity contribution >= 4 is 32.6 Å². The molecule has 4 heteroatoms. The number of halogens is 1. The lowest BCUT2D eigenvalue weighted by molar-refractivity contribution is -0.125. The monoisotopic (exact) mass is 448 g/mol. The molecule has 5 rings (SSSR count). The summed E-state index contributed by atoms with van der Waals surface area (Å²) >= 11 is 3.70. The fourth-order valence-corrected chi connectivity index (χ4v) is 5.60. The van der Waals surface area contributed by atoms with E-state index in [0.29, 0.717) is 5.78 Å². The van der Waals surface area contributed by atoms with Gasteiger partial charge in [-0.3, -0.25) is 9.69 Å². The molecule has 3 heterocycles. The van der Waals surface area contributed by atoms with Gasteiger partial charge in [0.1, 0.15) is 0 Å². The van der Waals surface area contributed by atoms with E-state index < -0.39 is 0 Å². The Morgan fingerprint density at radius 3 is 2.52 bits per heavy atom. The van der Waals surface area contributed by atoms with Gasteiger partial charge < -0.3 is 4.57 Å². The lowest BCUT2D eigenvalue weighted by Crippen LogP contribution is -2.52. The molecule has 0 radical (unpaired) electrons. The number of benzene rings is 2. The van der Waals surface area contributed by atoms with Gasteiger partial charge in [-0.05, 0) is 36.5 Å². The Bertz CT molecular complexity index is 1130. The van der Waals surface area contributed by atoms with E-state index in [9.17, 15) is 4.79 Å². The number of nitrogens with zero attached hydrogens (tertiary/aromatic N) is 2. The Labute approximate surface area is 180 Å². The number of carbonyl (C=O) groups excluding carboxylic acids is 1. The highest BCUT2D eigenvalue weighted by atomic mass is 79.9. The van der Waals surface area contributed by atoms with Crippen molar-refractivity contribution < 1.29 is 4.79 Å². The van der Waals surface area contributed by atoms with E-state index in [1.807, 2.05) is 6.07 Å². The molecule has 0 amide bonds. The van der Waals surface area contributed by atoms with Gasteiger partial charge in [0.05, 0.1) is 12.1 Å². The van der Waals surface area contributed by atoms with E-state index in [0.717, 1.165) is 35.9 Å². The van der Waals surface area contributed by atoms with Gasteiger partial charge >= 0.3 is 0 Å². The van der Waals surface area contributed by atoms with E-state index >= 15 is 0 Å². The van der Waals surface area contributed by atoms with E-state index in [2.05, 4.69) is 87.9 Å². The fraction of sp³-hybridized carbons (Fsp3) is 0.320. The Morgan fingerprint density at radius 1 is 1.03 bits per heavy atom. The number of carbonyl (C=O) groups is 1. The minimum absolute atomic E-state index is 0.0960. The number of hydrogen-bond donors (Lipinski definition) is 0. The van der Waals surface area contributed by atoms with Crippen molar-refractivity contribution in [2.24, 2.45) is 7.05 Å². The lowest BCUT2D eigenvalue weighted by atomic mass is 9.78. The summed E-state index contributed by atoms with van der Waals surface area (Å²) in [5.74, 6) is 0.296. The van der Waals surface area contributed by atoms with Crippen LogP contribution in [-0.4, -0.2) is 21.3 Å². The van der Waals surface area contributed by atoms with Crippen molar-refractivity contribution in [1.82, 2.24) is 9.47 Å². The number of hydrogen-bond acceptors (Lipinski definition) is 2. The zero-order valence-corrected chi connectivity index (χ0v) is 18.4. The molecule has 2 aliphatic rings. The highest BCUT2D eigenvalue weighted by molar-refractivity contribution is 9.11. The van der Waals surface area contributed by atoms with E-state index in [-0.39, 0.29) is 12.1 Å². The van der Waals surface area contributed by atoms with E-state index in [1.165, 1.54) is 27.7 Å². The molecule has 0 aliphatic carbocycles. The Kier molecular flexibility index (Phi) is 4.72. The molecule has 148 valence electrons. The Hall–Kier alpha value is -2.17. The van der Waals surface area contributed by atoms with Crippen molar-refractivity contribution in [3.63, 3.8) is 0 Å². The summed E-state index contributed by atoms with van der Waals surface area (Å²) in [5.41, 5.74) is 6.25. The average molecular weight is 449 g/mol. The quantitative estimate of drug-likeness (QED) is 0.481.